The van der Waals surface area contributed by atoms with E-state index in [-0.39, 0.29) is 12.0 Å². The van der Waals surface area contributed by atoms with Crippen LogP contribution >= 0.6 is 0 Å². The van der Waals surface area contributed by atoms with Gasteiger partial charge >= 0.3 is 0 Å². The molecule has 0 spiro atoms. The summed E-state index contributed by atoms with van der Waals surface area (Å²) in [4.78, 5) is 13.2. The molecule has 0 saturated heterocycles. The highest BCUT2D eigenvalue weighted by molar-refractivity contribution is 6.33. The topological polar surface area (TPSA) is 94.4 Å². The number of amides is 1. The molecule has 0 radical (unpaired) electrons. The van der Waals surface area contributed by atoms with E-state index in [1.165, 1.54) is 0 Å². The maximum Gasteiger partial charge on any atom is 0.254 e. The van der Waals surface area contributed by atoms with E-state index in [1.807, 2.05) is 54.9 Å². The Balaban J connectivity index is 1.67. The number of carbonyl (C=O) groups is 1. The number of ether oxygens (including phenoxy) is 1. The molecule has 4 N–H and O–H groups in total. The fourth-order valence-electron chi connectivity index (χ4n) is 5.22. The molecule has 2 aliphatic rings. The minimum absolute atomic E-state index is 0.0473. The zero-order valence-electron chi connectivity index (χ0n) is 18.2. The number of nitrogens with two attached hydrogens (primary N) is 1. The number of rotatable bonds is 1. The van der Waals surface area contributed by atoms with Crippen molar-refractivity contribution in [3.8, 4) is 0 Å². The Bertz CT molecular complexity index is 1410. The number of aryl methyl sites for hydroxylation is 1. The molecule has 0 aliphatic carbocycles. The smallest absolute Gasteiger partial charge is 0.254 e. The third-order valence-corrected chi connectivity index (χ3v) is 6.81. The summed E-state index contributed by atoms with van der Waals surface area (Å²) >= 11 is 0. The molecule has 7 nitrogen and oxygen atoms in total. The van der Waals surface area contributed by atoms with Gasteiger partial charge in [0.15, 0.2) is 6.23 Å². The van der Waals surface area contributed by atoms with Crippen molar-refractivity contribution in [2.75, 3.05) is 13.2 Å². The highest BCUT2D eigenvalue weighted by Crippen LogP contribution is 2.40. The lowest BCUT2D eigenvalue weighted by molar-refractivity contribution is -0.116. The lowest BCUT2D eigenvalue weighted by Crippen LogP contribution is -2.27. The Morgan fingerprint density at radius 1 is 0.970 bits per heavy atom. The molecule has 0 fully saturated rings. The van der Waals surface area contributed by atoms with Crippen LogP contribution in [-0.2, 0) is 22.6 Å². The number of nitrogens with zero attached hydrogens (tertiary/aromatic N) is 2. The molecule has 2 atom stereocenters. The number of aliphatic hydroxyl groups is 1. The SMILES string of the molecule is NC[C@@H]1CCn2cc(c3ccccc32)C2=C(C(=O)NC2O)c2cn(c3ccccc23)CCO1. The first-order valence-corrected chi connectivity index (χ1v) is 11.4. The Hall–Kier alpha value is -3.39. The van der Waals surface area contributed by atoms with E-state index in [0.29, 0.717) is 30.8 Å². The van der Waals surface area contributed by atoms with Gasteiger partial charge in [-0.3, -0.25) is 4.79 Å². The first-order chi connectivity index (χ1) is 16.2. The van der Waals surface area contributed by atoms with Crippen LogP contribution in [0.4, 0.5) is 0 Å². The van der Waals surface area contributed by atoms with Gasteiger partial charge in [-0.2, -0.15) is 0 Å². The Labute approximate surface area is 191 Å². The van der Waals surface area contributed by atoms with Gasteiger partial charge in [-0.15, -0.1) is 0 Å². The molecule has 2 aliphatic heterocycles. The summed E-state index contributed by atoms with van der Waals surface area (Å²) in [6, 6.07) is 16.1. The summed E-state index contributed by atoms with van der Waals surface area (Å²) in [5, 5.41) is 15.7. The fraction of sp³-hybridized carbons (Fsp3) is 0.269. The lowest BCUT2D eigenvalue weighted by Gasteiger charge is -2.17. The van der Waals surface area contributed by atoms with Gasteiger partial charge in [0.2, 0.25) is 0 Å². The van der Waals surface area contributed by atoms with Crippen LogP contribution < -0.4 is 11.1 Å². The van der Waals surface area contributed by atoms with Gasteiger partial charge in [-0.1, -0.05) is 36.4 Å². The van der Waals surface area contributed by atoms with Gasteiger partial charge in [-0.25, -0.2) is 0 Å². The molecule has 168 valence electrons. The van der Waals surface area contributed by atoms with E-state index in [2.05, 4.69) is 20.5 Å². The van der Waals surface area contributed by atoms with Gasteiger partial charge in [0.1, 0.15) is 0 Å². The van der Waals surface area contributed by atoms with Crippen molar-refractivity contribution in [1.29, 1.82) is 0 Å². The number of para-hydroxylation sites is 2. The van der Waals surface area contributed by atoms with Gasteiger partial charge in [0.05, 0.1) is 18.3 Å². The van der Waals surface area contributed by atoms with Crippen LogP contribution in [0.25, 0.3) is 33.0 Å². The maximum absolute atomic E-state index is 13.2. The summed E-state index contributed by atoms with van der Waals surface area (Å²) in [6.07, 6.45) is 3.71. The summed E-state index contributed by atoms with van der Waals surface area (Å²) < 4.78 is 10.4. The molecule has 4 aromatic rings. The zero-order chi connectivity index (χ0) is 22.5. The Morgan fingerprint density at radius 2 is 1.61 bits per heavy atom. The average Bonchev–Trinajstić information content (AvgIpc) is 3.46. The van der Waals surface area contributed by atoms with Crippen LogP contribution in [-0.4, -0.2) is 45.6 Å². The highest BCUT2D eigenvalue weighted by atomic mass is 16.5. The van der Waals surface area contributed by atoms with Crippen molar-refractivity contribution in [2.45, 2.75) is 31.8 Å². The molecule has 1 unspecified atom stereocenters. The van der Waals surface area contributed by atoms with Crippen molar-refractivity contribution in [2.24, 2.45) is 5.73 Å². The van der Waals surface area contributed by atoms with Crippen LogP contribution in [0.3, 0.4) is 0 Å². The Kier molecular flexibility index (Phi) is 4.83. The third-order valence-electron chi connectivity index (χ3n) is 6.81. The number of aliphatic hydroxyl groups excluding tert-OH is 1. The average molecular weight is 443 g/mol. The molecule has 33 heavy (non-hydrogen) atoms. The van der Waals surface area contributed by atoms with Crippen molar-refractivity contribution in [3.63, 3.8) is 0 Å². The molecule has 4 bridgehead atoms. The van der Waals surface area contributed by atoms with Crippen molar-refractivity contribution >= 4 is 38.9 Å². The summed E-state index contributed by atoms with van der Waals surface area (Å²) in [7, 11) is 0. The Morgan fingerprint density at radius 3 is 2.33 bits per heavy atom. The van der Waals surface area contributed by atoms with E-state index < -0.39 is 6.23 Å². The van der Waals surface area contributed by atoms with E-state index in [4.69, 9.17) is 10.5 Å². The number of carbonyl (C=O) groups excluding carboxylic acids is 1. The molecule has 4 heterocycles. The highest BCUT2D eigenvalue weighted by Gasteiger charge is 2.35. The predicted molar refractivity (Wildman–Crippen MR) is 128 cm³/mol. The summed E-state index contributed by atoms with van der Waals surface area (Å²) in [5.41, 5.74) is 10.9. The van der Waals surface area contributed by atoms with Crippen LogP contribution in [0.2, 0.25) is 0 Å². The predicted octanol–water partition coefficient (Wildman–Crippen LogP) is 2.70. The number of aromatic nitrogens is 2. The second-order valence-electron chi connectivity index (χ2n) is 8.69. The van der Waals surface area contributed by atoms with Gasteiger partial charge in [0, 0.05) is 70.5 Å². The van der Waals surface area contributed by atoms with E-state index in [0.717, 1.165) is 45.9 Å². The molecule has 6 rings (SSSR count). The largest absolute Gasteiger partial charge is 0.375 e. The van der Waals surface area contributed by atoms with Gasteiger partial charge in [-0.05, 0) is 18.6 Å². The van der Waals surface area contributed by atoms with Crippen molar-refractivity contribution in [3.05, 3.63) is 72.1 Å². The number of nitrogens with one attached hydrogen (secondary N) is 1. The van der Waals surface area contributed by atoms with E-state index in [9.17, 15) is 9.90 Å². The standard InChI is InChI=1S/C26H26N4O3/c27-13-16-9-10-29-14-19(17-5-1-3-7-21(17)29)23-24(26(32)28-25(23)31)20-15-30(11-12-33-16)22-8-4-2-6-18(20)22/h1-8,14-16,25,31H,9-13,27H2,(H,28,32)/t16-,25?/m0/s1. The maximum atomic E-state index is 13.2. The molecule has 1 amide bonds. The van der Waals surface area contributed by atoms with Crippen molar-refractivity contribution in [1.82, 2.24) is 14.5 Å². The van der Waals surface area contributed by atoms with Gasteiger partial charge in [0.25, 0.3) is 5.91 Å². The molecular formula is C26H26N4O3. The monoisotopic (exact) mass is 442 g/mol. The van der Waals surface area contributed by atoms with Crippen molar-refractivity contribution < 1.29 is 14.6 Å². The van der Waals surface area contributed by atoms with Crippen LogP contribution in [0, 0.1) is 0 Å². The van der Waals surface area contributed by atoms with E-state index >= 15 is 0 Å². The van der Waals surface area contributed by atoms with Crippen LogP contribution in [0.5, 0.6) is 0 Å². The minimum Gasteiger partial charge on any atom is -0.375 e. The number of benzene rings is 2. The fourth-order valence-corrected chi connectivity index (χ4v) is 5.22. The first kappa shape index (κ1) is 20.2. The van der Waals surface area contributed by atoms with Crippen LogP contribution in [0.1, 0.15) is 17.5 Å². The number of hydrogen-bond donors (Lipinski definition) is 3. The lowest BCUT2D eigenvalue weighted by atomic mass is 9.95. The molecule has 7 heteroatoms. The first-order valence-electron chi connectivity index (χ1n) is 11.4. The van der Waals surface area contributed by atoms with Crippen LogP contribution in [0.15, 0.2) is 60.9 Å². The molecule has 0 saturated carbocycles. The molecule has 2 aromatic heterocycles. The number of hydrogen-bond acceptors (Lipinski definition) is 4. The summed E-state index contributed by atoms with van der Waals surface area (Å²) in [6.45, 7) is 2.36. The number of fused-ring (bicyclic) bond motifs is 12. The quantitative estimate of drug-likeness (QED) is 0.423. The molecular weight excluding hydrogens is 416 g/mol. The second kappa shape index (κ2) is 7.88. The molecule has 2 aromatic carbocycles. The minimum atomic E-state index is -1.07. The normalized spacial score (nSPS) is 21.3. The van der Waals surface area contributed by atoms with E-state index in [1.54, 1.807) is 0 Å². The third kappa shape index (κ3) is 3.20. The second-order valence-corrected chi connectivity index (χ2v) is 8.69. The van der Waals surface area contributed by atoms with Gasteiger partial charge < -0.3 is 30.0 Å². The zero-order valence-corrected chi connectivity index (χ0v) is 18.2. The summed E-state index contributed by atoms with van der Waals surface area (Å²) in [5.74, 6) is -0.260.